The van der Waals surface area contributed by atoms with Crippen LogP contribution in [-0.4, -0.2) is 32.0 Å². The number of thiocarbonyl (C=S) groups is 1. The van der Waals surface area contributed by atoms with Gasteiger partial charge in [0.1, 0.15) is 17.3 Å². The van der Waals surface area contributed by atoms with Crippen LogP contribution in [0.2, 0.25) is 5.02 Å². The van der Waals surface area contributed by atoms with Gasteiger partial charge in [0.25, 0.3) is 0 Å². The molecule has 0 saturated heterocycles. The topological polar surface area (TPSA) is 69.4 Å². The summed E-state index contributed by atoms with van der Waals surface area (Å²) in [5, 5.41) is 0.351. The van der Waals surface area contributed by atoms with Crippen molar-refractivity contribution in [2.75, 3.05) is 18.6 Å². The maximum absolute atomic E-state index is 10.9. The molecule has 0 aliphatic rings. The van der Waals surface area contributed by atoms with Crippen LogP contribution >= 0.6 is 23.8 Å². The zero-order valence-electron chi connectivity index (χ0n) is 9.14. The minimum Gasteiger partial charge on any atom is -0.491 e. The maximum atomic E-state index is 10.9. The highest BCUT2D eigenvalue weighted by atomic mass is 35.5. The molecule has 0 atom stereocenters. The predicted octanol–water partition coefficient (Wildman–Crippen LogP) is 1.40. The Bertz CT molecular complexity index is 528. The van der Waals surface area contributed by atoms with Gasteiger partial charge in [-0.15, -0.1) is 0 Å². The average molecular weight is 294 g/mol. The van der Waals surface area contributed by atoms with Crippen molar-refractivity contribution in [1.29, 1.82) is 0 Å². The van der Waals surface area contributed by atoms with Gasteiger partial charge in [0, 0.05) is 11.8 Å². The standard InChI is InChI=1S/C10H12ClNO3S2/c1-17(13,14)5-4-15-9-3-2-7(10(12)16)6-8(9)11/h2-3,6H,4-5H2,1H3,(H2,12,16). The van der Waals surface area contributed by atoms with Crippen LogP contribution in [0.15, 0.2) is 18.2 Å². The van der Waals surface area contributed by atoms with Gasteiger partial charge < -0.3 is 10.5 Å². The van der Waals surface area contributed by atoms with Gasteiger partial charge >= 0.3 is 0 Å². The summed E-state index contributed by atoms with van der Waals surface area (Å²) in [5.41, 5.74) is 6.08. The van der Waals surface area contributed by atoms with Crippen LogP contribution < -0.4 is 10.5 Å². The summed E-state index contributed by atoms with van der Waals surface area (Å²) >= 11 is 10.7. The van der Waals surface area contributed by atoms with Crippen LogP contribution in [0.5, 0.6) is 5.75 Å². The average Bonchev–Trinajstić information content (AvgIpc) is 2.18. The molecule has 0 unspecified atom stereocenters. The third-order valence-corrected chi connectivity index (χ3v) is 3.37. The fraction of sp³-hybridized carbons (Fsp3) is 0.300. The Balaban J connectivity index is 2.70. The van der Waals surface area contributed by atoms with E-state index in [2.05, 4.69) is 0 Å². The van der Waals surface area contributed by atoms with Crippen molar-refractivity contribution in [2.45, 2.75) is 0 Å². The molecular formula is C10H12ClNO3S2. The Kier molecular flexibility index (Phi) is 4.73. The van der Waals surface area contributed by atoms with Gasteiger partial charge in [-0.1, -0.05) is 23.8 Å². The molecule has 94 valence electrons. The molecular weight excluding hydrogens is 282 g/mol. The first-order chi connectivity index (χ1) is 7.79. The summed E-state index contributed by atoms with van der Waals surface area (Å²) in [7, 11) is -3.04. The van der Waals surface area contributed by atoms with Gasteiger partial charge in [-0.25, -0.2) is 8.42 Å². The lowest BCUT2D eigenvalue weighted by Gasteiger charge is -2.08. The van der Waals surface area contributed by atoms with Crippen LogP contribution in [0.4, 0.5) is 0 Å². The molecule has 0 heterocycles. The van der Waals surface area contributed by atoms with Crippen LogP contribution in [-0.2, 0) is 9.84 Å². The van der Waals surface area contributed by atoms with E-state index in [0.29, 0.717) is 16.3 Å². The lowest BCUT2D eigenvalue weighted by Crippen LogP contribution is -2.13. The Labute approximate surface area is 111 Å². The summed E-state index contributed by atoms with van der Waals surface area (Å²) in [6.45, 7) is 0.0605. The maximum Gasteiger partial charge on any atom is 0.150 e. The first kappa shape index (κ1) is 14.2. The summed E-state index contributed by atoms with van der Waals surface area (Å²) < 4.78 is 27.1. The summed E-state index contributed by atoms with van der Waals surface area (Å²) in [6.07, 6.45) is 1.15. The quantitative estimate of drug-likeness (QED) is 0.831. The molecule has 0 aliphatic carbocycles. The number of nitrogens with two attached hydrogens (primary N) is 1. The van der Waals surface area contributed by atoms with E-state index in [-0.39, 0.29) is 17.3 Å². The van der Waals surface area contributed by atoms with Gasteiger partial charge in [-0.2, -0.15) is 0 Å². The third kappa shape index (κ3) is 4.89. The Morgan fingerprint density at radius 1 is 1.53 bits per heavy atom. The molecule has 7 heteroatoms. The molecule has 0 saturated carbocycles. The molecule has 0 amide bonds. The number of sulfone groups is 1. The number of benzene rings is 1. The predicted molar refractivity (Wildman–Crippen MR) is 72.5 cm³/mol. The second-order valence-corrected chi connectivity index (χ2v) is 6.59. The molecule has 0 aliphatic heterocycles. The fourth-order valence-corrected chi connectivity index (χ4v) is 1.82. The number of ether oxygens (including phenoxy) is 1. The summed E-state index contributed by atoms with van der Waals surface area (Å²) in [5.74, 6) is 0.357. The van der Waals surface area contributed by atoms with Crippen molar-refractivity contribution in [3.63, 3.8) is 0 Å². The van der Waals surface area contributed by atoms with Gasteiger partial charge in [0.15, 0.2) is 9.84 Å². The zero-order valence-corrected chi connectivity index (χ0v) is 11.5. The summed E-state index contributed by atoms with van der Waals surface area (Å²) in [6, 6.07) is 4.86. The second-order valence-electron chi connectivity index (χ2n) is 3.49. The lowest BCUT2D eigenvalue weighted by atomic mass is 10.2. The minimum atomic E-state index is -3.04. The largest absolute Gasteiger partial charge is 0.491 e. The minimum absolute atomic E-state index is 0.0552. The van der Waals surface area contributed by atoms with E-state index < -0.39 is 9.84 Å². The van der Waals surface area contributed by atoms with E-state index in [0.717, 1.165) is 6.26 Å². The van der Waals surface area contributed by atoms with E-state index in [9.17, 15) is 8.42 Å². The van der Waals surface area contributed by atoms with Crippen LogP contribution in [0.3, 0.4) is 0 Å². The molecule has 17 heavy (non-hydrogen) atoms. The zero-order chi connectivity index (χ0) is 13.1. The Morgan fingerprint density at radius 3 is 2.65 bits per heavy atom. The van der Waals surface area contributed by atoms with Crippen molar-refractivity contribution >= 4 is 38.6 Å². The van der Waals surface area contributed by atoms with Crippen molar-refractivity contribution < 1.29 is 13.2 Å². The van der Waals surface area contributed by atoms with Crippen LogP contribution in [0.25, 0.3) is 0 Å². The van der Waals surface area contributed by atoms with E-state index in [1.807, 2.05) is 0 Å². The molecule has 0 aromatic heterocycles. The van der Waals surface area contributed by atoms with E-state index >= 15 is 0 Å². The molecule has 2 N–H and O–H groups in total. The molecule has 1 aromatic carbocycles. The van der Waals surface area contributed by atoms with Gasteiger partial charge in [0.2, 0.25) is 0 Å². The number of halogens is 1. The highest BCUT2D eigenvalue weighted by Gasteiger charge is 2.07. The normalized spacial score (nSPS) is 11.2. The third-order valence-electron chi connectivity index (χ3n) is 1.93. The van der Waals surface area contributed by atoms with Gasteiger partial charge in [0.05, 0.1) is 10.8 Å². The Morgan fingerprint density at radius 2 is 2.18 bits per heavy atom. The van der Waals surface area contributed by atoms with Crippen molar-refractivity contribution in [2.24, 2.45) is 5.73 Å². The van der Waals surface area contributed by atoms with E-state index in [1.54, 1.807) is 18.2 Å². The summed E-state index contributed by atoms with van der Waals surface area (Å²) in [4.78, 5) is 0.245. The highest BCUT2D eigenvalue weighted by molar-refractivity contribution is 7.90. The molecule has 0 spiro atoms. The highest BCUT2D eigenvalue weighted by Crippen LogP contribution is 2.25. The number of rotatable bonds is 5. The first-order valence-corrected chi connectivity index (χ1v) is 7.54. The van der Waals surface area contributed by atoms with Crippen LogP contribution in [0, 0.1) is 0 Å². The molecule has 0 radical (unpaired) electrons. The van der Waals surface area contributed by atoms with Crippen molar-refractivity contribution in [3.05, 3.63) is 28.8 Å². The molecule has 0 bridgehead atoms. The van der Waals surface area contributed by atoms with E-state index in [4.69, 9.17) is 34.3 Å². The molecule has 4 nitrogen and oxygen atoms in total. The van der Waals surface area contributed by atoms with Crippen LogP contribution in [0.1, 0.15) is 5.56 Å². The van der Waals surface area contributed by atoms with Gasteiger partial charge in [-0.05, 0) is 18.2 Å². The van der Waals surface area contributed by atoms with E-state index in [1.165, 1.54) is 0 Å². The molecule has 1 rings (SSSR count). The number of hydrogen-bond donors (Lipinski definition) is 1. The first-order valence-electron chi connectivity index (χ1n) is 4.69. The van der Waals surface area contributed by atoms with Crippen molar-refractivity contribution in [1.82, 2.24) is 0 Å². The van der Waals surface area contributed by atoms with Gasteiger partial charge in [-0.3, -0.25) is 0 Å². The SMILES string of the molecule is CS(=O)(=O)CCOc1ccc(C(N)=S)cc1Cl. The Hall–Kier alpha value is -0.850. The monoisotopic (exact) mass is 293 g/mol. The lowest BCUT2D eigenvalue weighted by molar-refractivity contribution is 0.341. The fourth-order valence-electron chi connectivity index (χ4n) is 1.07. The second kappa shape index (κ2) is 5.66. The number of hydrogen-bond acceptors (Lipinski definition) is 4. The smallest absolute Gasteiger partial charge is 0.150 e. The molecule has 0 fully saturated rings. The van der Waals surface area contributed by atoms with Crippen molar-refractivity contribution in [3.8, 4) is 5.75 Å². The molecule has 1 aromatic rings.